The molecule has 0 radical (unpaired) electrons. The van der Waals surface area contributed by atoms with Gasteiger partial charge in [-0.25, -0.2) is 0 Å². The number of carbonyl (C=O) groups is 1. The smallest absolute Gasteiger partial charge is 0.313 e. The summed E-state index contributed by atoms with van der Waals surface area (Å²) in [5, 5.41) is 0. The molecule has 1 aliphatic carbocycles. The van der Waals surface area contributed by atoms with E-state index in [4.69, 9.17) is 4.74 Å². The lowest BCUT2D eigenvalue weighted by molar-refractivity contribution is -0.143. The number of benzene rings is 1. The first-order valence-corrected chi connectivity index (χ1v) is 7.03. The van der Waals surface area contributed by atoms with E-state index in [1.807, 2.05) is 0 Å². The van der Waals surface area contributed by atoms with Crippen molar-refractivity contribution in [2.45, 2.75) is 51.9 Å². The molecule has 1 saturated carbocycles. The van der Waals surface area contributed by atoms with Crippen molar-refractivity contribution in [3.05, 3.63) is 34.9 Å². The number of rotatable bonds is 3. The Morgan fingerprint density at radius 1 is 1.32 bits per heavy atom. The third-order valence-electron chi connectivity index (χ3n) is 4.03. The normalized spacial score (nSPS) is 17.1. The van der Waals surface area contributed by atoms with Crippen molar-refractivity contribution in [3.8, 4) is 0 Å². The Bertz CT molecular complexity index is 479. The first-order valence-electron chi connectivity index (χ1n) is 7.03. The minimum absolute atomic E-state index is 0.0766. The Hall–Kier alpha value is -1.31. The minimum Gasteiger partial charge on any atom is -0.469 e. The Morgan fingerprint density at radius 3 is 2.42 bits per heavy atom. The van der Waals surface area contributed by atoms with Crippen molar-refractivity contribution in [3.63, 3.8) is 0 Å². The molecule has 2 heteroatoms. The average Bonchev–Trinajstić information content (AvgIpc) is 3.14. The van der Waals surface area contributed by atoms with Gasteiger partial charge in [0.2, 0.25) is 0 Å². The van der Waals surface area contributed by atoms with Gasteiger partial charge in [-0.1, -0.05) is 39.0 Å². The van der Waals surface area contributed by atoms with Crippen LogP contribution in [0.15, 0.2) is 18.2 Å². The number of carbonyl (C=O) groups excluding carboxylic acids is 1. The molecule has 1 fully saturated rings. The average molecular weight is 260 g/mol. The van der Waals surface area contributed by atoms with Gasteiger partial charge >= 0.3 is 5.97 Å². The van der Waals surface area contributed by atoms with Crippen LogP contribution in [0.5, 0.6) is 0 Å². The van der Waals surface area contributed by atoms with E-state index in [1.165, 1.54) is 18.2 Å². The molecule has 2 nitrogen and oxygen atoms in total. The maximum Gasteiger partial charge on any atom is 0.313 e. The second kappa shape index (κ2) is 4.99. The summed E-state index contributed by atoms with van der Waals surface area (Å²) in [5.74, 6) is 0.310. The van der Waals surface area contributed by atoms with E-state index < -0.39 is 0 Å². The van der Waals surface area contributed by atoms with Gasteiger partial charge in [0.25, 0.3) is 0 Å². The Morgan fingerprint density at radius 2 is 1.95 bits per heavy atom. The molecule has 0 N–H and O–H groups in total. The van der Waals surface area contributed by atoms with Crippen LogP contribution in [-0.2, 0) is 14.9 Å². The van der Waals surface area contributed by atoms with Gasteiger partial charge in [0.1, 0.15) is 0 Å². The van der Waals surface area contributed by atoms with Crippen LogP contribution in [0.1, 0.15) is 56.2 Å². The summed E-state index contributed by atoms with van der Waals surface area (Å²) in [6.07, 6.45) is 2.28. The van der Waals surface area contributed by atoms with Crippen molar-refractivity contribution in [1.82, 2.24) is 0 Å². The Balaban J connectivity index is 2.44. The van der Waals surface area contributed by atoms with Crippen molar-refractivity contribution in [2.24, 2.45) is 5.92 Å². The maximum atomic E-state index is 12.1. The van der Waals surface area contributed by atoms with E-state index in [-0.39, 0.29) is 17.3 Å². The zero-order valence-corrected chi connectivity index (χ0v) is 12.6. The lowest BCUT2D eigenvalue weighted by Gasteiger charge is -2.23. The molecule has 1 aliphatic rings. The fourth-order valence-electron chi connectivity index (χ4n) is 2.57. The fraction of sp³-hybridized carbons (Fsp3) is 0.588. The zero-order valence-electron chi connectivity index (χ0n) is 12.6. The Labute approximate surface area is 116 Å². The van der Waals surface area contributed by atoms with Crippen molar-refractivity contribution < 1.29 is 9.53 Å². The SMILES string of the molecule is COC(=O)C(c1cc(C(C)(C)C)ccc1C)C1CC1. The molecule has 0 saturated heterocycles. The quantitative estimate of drug-likeness (QED) is 0.769. The fourth-order valence-corrected chi connectivity index (χ4v) is 2.57. The van der Waals surface area contributed by atoms with Gasteiger partial charge in [0.05, 0.1) is 13.0 Å². The van der Waals surface area contributed by atoms with Crippen molar-refractivity contribution >= 4 is 5.97 Å². The largest absolute Gasteiger partial charge is 0.469 e. The summed E-state index contributed by atoms with van der Waals surface area (Å²) in [4.78, 5) is 12.1. The van der Waals surface area contributed by atoms with E-state index in [9.17, 15) is 4.79 Å². The molecule has 104 valence electrons. The van der Waals surface area contributed by atoms with Gasteiger partial charge in [-0.2, -0.15) is 0 Å². The second-order valence-electron chi connectivity index (χ2n) is 6.66. The summed E-state index contributed by atoms with van der Waals surface area (Å²) < 4.78 is 5.01. The molecule has 0 aliphatic heterocycles. The molecule has 0 spiro atoms. The molecule has 0 aromatic heterocycles. The van der Waals surface area contributed by atoms with Gasteiger partial charge in [0.15, 0.2) is 0 Å². The summed E-state index contributed by atoms with van der Waals surface area (Å²) in [5.41, 5.74) is 3.73. The van der Waals surface area contributed by atoms with Crippen molar-refractivity contribution in [1.29, 1.82) is 0 Å². The highest BCUT2D eigenvalue weighted by Crippen LogP contribution is 2.44. The molecule has 1 aromatic rings. The first kappa shape index (κ1) is 14.1. The molecule has 1 atom stereocenters. The van der Waals surface area contributed by atoms with Crippen LogP contribution in [0.3, 0.4) is 0 Å². The number of hydrogen-bond acceptors (Lipinski definition) is 2. The van der Waals surface area contributed by atoms with Crippen LogP contribution >= 0.6 is 0 Å². The molecule has 2 rings (SSSR count). The molecule has 0 heterocycles. The van der Waals surface area contributed by atoms with E-state index >= 15 is 0 Å². The van der Waals surface area contributed by atoms with E-state index in [0.29, 0.717) is 5.92 Å². The number of methoxy groups -OCH3 is 1. The summed E-state index contributed by atoms with van der Waals surface area (Å²) in [7, 11) is 1.49. The predicted molar refractivity (Wildman–Crippen MR) is 77.4 cm³/mol. The third kappa shape index (κ3) is 2.99. The molecule has 19 heavy (non-hydrogen) atoms. The molecule has 1 aromatic carbocycles. The summed E-state index contributed by atoms with van der Waals surface area (Å²) >= 11 is 0. The first-order chi connectivity index (χ1) is 8.84. The zero-order chi connectivity index (χ0) is 14.2. The second-order valence-corrected chi connectivity index (χ2v) is 6.66. The van der Waals surface area contributed by atoms with Gasteiger partial charge in [0, 0.05) is 0 Å². The molecule has 0 amide bonds. The predicted octanol–water partition coefficient (Wildman–Crippen LogP) is 3.96. The standard InChI is InChI=1S/C17H24O2/c1-11-6-9-13(17(2,3)4)10-14(11)15(12-7-8-12)16(18)19-5/h6,9-10,12,15H,7-8H2,1-5H3. The topological polar surface area (TPSA) is 26.3 Å². The van der Waals surface area contributed by atoms with E-state index in [0.717, 1.165) is 18.4 Å². The minimum atomic E-state index is -0.0864. The summed E-state index contributed by atoms with van der Waals surface area (Å²) in [6.45, 7) is 8.68. The van der Waals surface area contributed by atoms with Crippen LogP contribution in [0, 0.1) is 12.8 Å². The van der Waals surface area contributed by atoms with Gasteiger partial charge in [-0.05, 0) is 47.8 Å². The highest BCUT2D eigenvalue weighted by atomic mass is 16.5. The van der Waals surface area contributed by atoms with E-state index in [2.05, 4.69) is 45.9 Å². The lowest BCUT2D eigenvalue weighted by atomic mass is 9.82. The monoisotopic (exact) mass is 260 g/mol. The van der Waals surface area contributed by atoms with Gasteiger partial charge < -0.3 is 4.74 Å². The van der Waals surface area contributed by atoms with Crippen LogP contribution in [0.25, 0.3) is 0 Å². The third-order valence-corrected chi connectivity index (χ3v) is 4.03. The lowest BCUT2D eigenvalue weighted by Crippen LogP contribution is -2.19. The highest BCUT2D eigenvalue weighted by Gasteiger charge is 2.39. The van der Waals surface area contributed by atoms with Crippen molar-refractivity contribution in [2.75, 3.05) is 7.11 Å². The van der Waals surface area contributed by atoms with Crippen LogP contribution in [-0.4, -0.2) is 13.1 Å². The van der Waals surface area contributed by atoms with Crippen LogP contribution in [0.4, 0.5) is 0 Å². The molecular weight excluding hydrogens is 236 g/mol. The van der Waals surface area contributed by atoms with Crippen LogP contribution in [0.2, 0.25) is 0 Å². The molecule has 0 bridgehead atoms. The number of ether oxygens (including phenoxy) is 1. The number of esters is 1. The Kier molecular flexibility index (Phi) is 3.71. The van der Waals surface area contributed by atoms with Gasteiger partial charge in [-0.3, -0.25) is 4.79 Å². The molecular formula is C17H24O2. The van der Waals surface area contributed by atoms with E-state index in [1.54, 1.807) is 0 Å². The highest BCUT2D eigenvalue weighted by molar-refractivity contribution is 5.79. The van der Waals surface area contributed by atoms with Crippen LogP contribution < -0.4 is 0 Å². The van der Waals surface area contributed by atoms with Gasteiger partial charge in [-0.15, -0.1) is 0 Å². The number of hydrogen-bond donors (Lipinski definition) is 0. The number of aryl methyl sites for hydroxylation is 1. The maximum absolute atomic E-state index is 12.1. The molecule has 1 unspecified atom stereocenters. The summed E-state index contributed by atoms with van der Waals surface area (Å²) in [6, 6.07) is 6.50.